The van der Waals surface area contributed by atoms with Gasteiger partial charge in [-0.15, -0.1) is 0 Å². The number of likely N-dealkylation sites (N-methyl/N-ethyl adjacent to an activating group) is 7. The SMILES string of the molecule is CC[C@H](C)[C@@H]1NC(=O)[C@H](CC(C)C)N(C)C(=O)C[C@@H](C(=O)N2CCCCC2)N(C)C(=O)[C@H](C2CCCCC2)N(C)C(=O)C2(CCCC2)NC(=O)[C@@H]2CCCN2C(=O)[C@H](CCC2CCC(S(C)(=O)=O)CC2)NC(=O)CN(C)C(=O)[C@H](CC2CCCCC2)N(C)C(=O)CN(C)C(=O)CN(C)C1=O. The molecule has 564 valence electrons. The first kappa shape index (κ1) is 80.9. The van der Waals surface area contributed by atoms with Crippen LogP contribution in [0.2, 0.25) is 0 Å². The minimum atomic E-state index is -3.27. The molecule has 3 saturated heterocycles. The molecule has 4 saturated carbocycles. The number of nitrogens with zero attached hydrogens (tertiary/aromatic N) is 9. The largest absolute Gasteiger partial charge is 0.343 e. The van der Waals surface area contributed by atoms with Crippen LogP contribution in [0, 0.1) is 29.6 Å². The predicted octanol–water partition coefficient (Wildman–Crippen LogP) is 4.50. The molecule has 12 amide bonds. The van der Waals surface area contributed by atoms with Crippen LogP contribution >= 0.6 is 0 Å². The summed E-state index contributed by atoms with van der Waals surface area (Å²) in [5.74, 6) is -7.70. The molecule has 3 aliphatic heterocycles. The summed E-state index contributed by atoms with van der Waals surface area (Å²) in [6, 6.07) is -8.12. The third kappa shape index (κ3) is 20.7. The van der Waals surface area contributed by atoms with Crippen molar-refractivity contribution in [1.82, 2.24) is 60.0 Å². The Morgan fingerprint density at radius 2 is 1.12 bits per heavy atom. The second-order valence-electron chi connectivity index (χ2n) is 31.4. The Hall–Kier alpha value is -6.41. The maximum atomic E-state index is 15.8. The lowest BCUT2D eigenvalue weighted by Crippen LogP contribution is -2.65. The molecule has 0 aromatic rings. The zero-order chi connectivity index (χ0) is 73.5. The molecule has 26 nitrogen and oxygen atoms in total. The Labute approximate surface area is 595 Å². The first-order chi connectivity index (χ1) is 47.3. The minimum Gasteiger partial charge on any atom is -0.343 e. The summed E-state index contributed by atoms with van der Waals surface area (Å²) in [5.41, 5.74) is -1.50. The Kier molecular flexibility index (Phi) is 29.6. The van der Waals surface area contributed by atoms with E-state index in [0.29, 0.717) is 96.6 Å². The fourth-order valence-electron chi connectivity index (χ4n) is 16.8. The van der Waals surface area contributed by atoms with Crippen LogP contribution in [0.1, 0.15) is 214 Å². The first-order valence-electron chi connectivity index (χ1n) is 37.8. The van der Waals surface area contributed by atoms with Gasteiger partial charge in [0.15, 0.2) is 0 Å². The van der Waals surface area contributed by atoms with E-state index in [1.54, 1.807) is 18.9 Å². The lowest BCUT2D eigenvalue weighted by Gasteiger charge is -2.43. The van der Waals surface area contributed by atoms with Crippen molar-refractivity contribution < 1.29 is 66.0 Å². The van der Waals surface area contributed by atoms with E-state index >= 15 is 28.8 Å². The van der Waals surface area contributed by atoms with Crippen LogP contribution in [0.4, 0.5) is 0 Å². The van der Waals surface area contributed by atoms with Gasteiger partial charge in [-0.05, 0) is 139 Å². The zero-order valence-electron chi connectivity index (χ0n) is 62.4. The number of amides is 12. The van der Waals surface area contributed by atoms with E-state index in [0.717, 1.165) is 57.8 Å². The highest BCUT2D eigenvalue weighted by molar-refractivity contribution is 7.91. The fraction of sp³-hybridized carbons (Fsp3) is 0.836. The lowest BCUT2D eigenvalue weighted by molar-refractivity contribution is -0.157. The van der Waals surface area contributed by atoms with Gasteiger partial charge in [0.05, 0.1) is 31.3 Å². The van der Waals surface area contributed by atoms with E-state index in [2.05, 4.69) is 16.0 Å². The average Bonchev–Trinajstić information content (AvgIpc) is 1.36. The normalized spacial score (nSPS) is 29.4. The molecule has 4 aliphatic carbocycles. The molecule has 100 heavy (non-hydrogen) atoms. The number of carbonyl (C=O) groups excluding carboxylic acids is 12. The summed E-state index contributed by atoms with van der Waals surface area (Å²) in [5, 5.41) is 8.57. The molecule has 7 rings (SSSR count). The molecule has 8 atom stereocenters. The smallest absolute Gasteiger partial charge is 0.248 e. The van der Waals surface area contributed by atoms with Crippen molar-refractivity contribution in [2.24, 2.45) is 29.6 Å². The maximum Gasteiger partial charge on any atom is 0.248 e. The molecule has 0 radical (unpaired) electrons. The highest BCUT2D eigenvalue weighted by atomic mass is 32.2. The second kappa shape index (κ2) is 36.6. The van der Waals surface area contributed by atoms with Crippen LogP contribution in [-0.2, 0) is 67.4 Å². The van der Waals surface area contributed by atoms with E-state index in [-0.39, 0.29) is 68.7 Å². The van der Waals surface area contributed by atoms with Crippen molar-refractivity contribution in [3.05, 3.63) is 0 Å². The number of carbonyl (C=O) groups is 12. The van der Waals surface area contributed by atoms with Gasteiger partial charge in [0.25, 0.3) is 0 Å². The van der Waals surface area contributed by atoms with E-state index in [1.807, 2.05) is 20.8 Å². The molecule has 0 aromatic carbocycles. The predicted molar refractivity (Wildman–Crippen MR) is 379 cm³/mol. The van der Waals surface area contributed by atoms with Gasteiger partial charge >= 0.3 is 0 Å². The maximum absolute atomic E-state index is 15.8. The van der Waals surface area contributed by atoms with Crippen LogP contribution in [0.3, 0.4) is 0 Å². The Balaban J connectivity index is 1.27. The second-order valence-corrected chi connectivity index (χ2v) is 33.7. The number of sulfone groups is 1. The van der Waals surface area contributed by atoms with E-state index in [1.165, 1.54) is 87.7 Å². The fourth-order valence-corrected chi connectivity index (χ4v) is 18.0. The summed E-state index contributed by atoms with van der Waals surface area (Å²) in [6.45, 7) is 6.92. The van der Waals surface area contributed by atoms with Crippen LogP contribution in [0.15, 0.2) is 0 Å². The highest BCUT2D eigenvalue weighted by Gasteiger charge is 2.52. The molecule has 0 aromatic heterocycles. The number of piperidine rings is 1. The molecule has 3 heterocycles. The van der Waals surface area contributed by atoms with E-state index in [9.17, 15) is 37.2 Å². The Bertz CT molecular complexity index is 3010. The van der Waals surface area contributed by atoms with Crippen molar-refractivity contribution in [1.29, 1.82) is 0 Å². The Morgan fingerprint density at radius 1 is 0.540 bits per heavy atom. The molecule has 1 spiro atoms. The van der Waals surface area contributed by atoms with Gasteiger partial charge in [0.1, 0.15) is 57.7 Å². The number of rotatable bonds is 12. The van der Waals surface area contributed by atoms with Gasteiger partial charge in [-0.25, -0.2) is 8.42 Å². The molecular weight excluding hydrogens is 1300 g/mol. The molecule has 7 aliphatic rings. The molecule has 27 heteroatoms. The lowest BCUT2D eigenvalue weighted by atomic mass is 9.81. The highest BCUT2D eigenvalue weighted by Crippen LogP contribution is 2.38. The van der Waals surface area contributed by atoms with Crippen molar-refractivity contribution in [2.75, 3.05) is 94.9 Å². The zero-order valence-corrected chi connectivity index (χ0v) is 63.2. The van der Waals surface area contributed by atoms with E-state index < -0.39 is 166 Å². The molecule has 3 N–H and O–H groups in total. The van der Waals surface area contributed by atoms with Crippen molar-refractivity contribution in [2.45, 2.75) is 267 Å². The summed E-state index contributed by atoms with van der Waals surface area (Å²) >= 11 is 0. The van der Waals surface area contributed by atoms with Crippen LogP contribution in [0.25, 0.3) is 0 Å². The van der Waals surface area contributed by atoms with Gasteiger partial charge in [-0.1, -0.05) is 98.3 Å². The van der Waals surface area contributed by atoms with Crippen LogP contribution in [-0.4, -0.2) is 271 Å². The summed E-state index contributed by atoms with van der Waals surface area (Å²) in [4.78, 5) is 192. The van der Waals surface area contributed by atoms with Gasteiger partial charge < -0.3 is 60.0 Å². The van der Waals surface area contributed by atoms with Gasteiger partial charge in [-0.2, -0.15) is 0 Å². The van der Waals surface area contributed by atoms with Crippen LogP contribution in [0.5, 0.6) is 0 Å². The van der Waals surface area contributed by atoms with Crippen molar-refractivity contribution in [3.63, 3.8) is 0 Å². The van der Waals surface area contributed by atoms with Crippen molar-refractivity contribution in [3.8, 4) is 0 Å². The standard InChI is InChI=1S/C73H122N12O14S/c1-13-49(4)63-70(95)79(7)46-61(88)77(5)47-62(89)81(9)57(43-51-26-17-14-18-27-51)68(93)78(6)45-59(86)74-54(36-33-50-31-34-53(35-32-50)100(12,98)99)67(92)85-41-25-30-55(85)66(91)76-73(37-21-22-38-73)72(97)83(11)64(52-28-19-15-20-29-52)71(96)82(10)58(69(94)84-39-23-16-24-40-84)44-60(87)80(8)56(42-48(2)3)65(90)75-63/h48-58,63-64H,13-47H2,1-12H3,(H,74,86)(H,75,90)(H,76,91)/t49-,50?,53?,54-,55-,56-,57-,58-,63-,64-/m0/s1. The van der Waals surface area contributed by atoms with Crippen LogP contribution < -0.4 is 16.0 Å². The number of fused-ring (bicyclic) bond motifs is 1. The van der Waals surface area contributed by atoms with Gasteiger partial charge in [-0.3, -0.25) is 57.5 Å². The Morgan fingerprint density at radius 3 is 1.72 bits per heavy atom. The summed E-state index contributed by atoms with van der Waals surface area (Å²) in [6.07, 6.45) is 17.1. The molecule has 0 unspecified atom stereocenters. The van der Waals surface area contributed by atoms with E-state index in [4.69, 9.17) is 0 Å². The number of likely N-dealkylation sites (tertiary alicyclic amines) is 1. The third-order valence-electron chi connectivity index (χ3n) is 23.6. The monoisotopic (exact) mass is 1420 g/mol. The summed E-state index contributed by atoms with van der Waals surface area (Å²) < 4.78 is 25.1. The quantitative estimate of drug-likeness (QED) is 0.242. The number of nitrogens with one attached hydrogen (secondary N) is 3. The van der Waals surface area contributed by atoms with Gasteiger partial charge in [0.2, 0.25) is 70.9 Å². The first-order valence-corrected chi connectivity index (χ1v) is 39.7. The number of hydrogen-bond acceptors (Lipinski definition) is 14. The van der Waals surface area contributed by atoms with Crippen molar-refractivity contribution >= 4 is 80.7 Å². The van der Waals surface area contributed by atoms with Gasteiger partial charge in [0, 0.05) is 75.2 Å². The summed E-state index contributed by atoms with van der Waals surface area (Å²) in [7, 11) is 7.05. The average molecular weight is 1420 g/mol. The minimum absolute atomic E-state index is 0.0339. The number of hydrogen-bond donors (Lipinski definition) is 3. The topological polar surface area (TPSA) is 304 Å². The molecule has 7 fully saturated rings. The third-order valence-corrected chi connectivity index (χ3v) is 25.2. The molecular formula is C73H122N12O14S. The molecule has 0 bridgehead atoms.